The minimum atomic E-state index is -0.680. The molecular formula is C15H21NO3. The summed E-state index contributed by atoms with van der Waals surface area (Å²) in [5.74, 6) is 0.518. The summed E-state index contributed by atoms with van der Waals surface area (Å²) in [6.45, 7) is 0. The molecule has 0 aliphatic heterocycles. The number of ether oxygens (including phenoxy) is 1. The molecule has 0 amide bonds. The summed E-state index contributed by atoms with van der Waals surface area (Å²) in [5.41, 5.74) is 1.02. The average molecular weight is 263 g/mol. The standard InChI is InChI=1S/C15H21NO3/c1-19-14-5-3-2-4-13(14)16-12-8-6-11(7-9-12)10-15(17)18/h2-5,11-12,16H,6-10H2,1H3,(H,17,18). The van der Waals surface area contributed by atoms with E-state index in [0.29, 0.717) is 18.4 Å². The SMILES string of the molecule is COc1ccccc1NC1CCC(CC(=O)O)CC1. The number of anilines is 1. The maximum absolute atomic E-state index is 10.7. The van der Waals surface area contributed by atoms with Gasteiger partial charge in [-0.05, 0) is 43.7 Å². The fourth-order valence-corrected chi connectivity index (χ4v) is 2.74. The maximum Gasteiger partial charge on any atom is 0.303 e. The van der Waals surface area contributed by atoms with Gasteiger partial charge in [0, 0.05) is 12.5 Å². The molecule has 4 heteroatoms. The molecule has 0 spiro atoms. The molecule has 1 aliphatic carbocycles. The summed E-state index contributed by atoms with van der Waals surface area (Å²) in [5, 5.41) is 12.3. The van der Waals surface area contributed by atoms with Gasteiger partial charge in [-0.3, -0.25) is 4.79 Å². The zero-order valence-corrected chi connectivity index (χ0v) is 11.3. The molecule has 104 valence electrons. The van der Waals surface area contributed by atoms with Crippen LogP contribution in [0.25, 0.3) is 0 Å². The Balaban J connectivity index is 1.87. The maximum atomic E-state index is 10.7. The van der Waals surface area contributed by atoms with Crippen molar-refractivity contribution in [3.05, 3.63) is 24.3 Å². The van der Waals surface area contributed by atoms with Crippen molar-refractivity contribution in [2.45, 2.75) is 38.1 Å². The highest BCUT2D eigenvalue weighted by atomic mass is 16.5. The first kappa shape index (κ1) is 13.7. The van der Waals surface area contributed by atoms with Gasteiger partial charge in [-0.2, -0.15) is 0 Å². The first-order valence-corrected chi connectivity index (χ1v) is 6.80. The van der Waals surface area contributed by atoms with Crippen LogP contribution < -0.4 is 10.1 Å². The normalized spacial score (nSPS) is 22.8. The second-order valence-corrected chi connectivity index (χ2v) is 5.16. The van der Waals surface area contributed by atoms with E-state index in [9.17, 15) is 4.79 Å². The lowest BCUT2D eigenvalue weighted by atomic mass is 9.84. The first-order chi connectivity index (χ1) is 9.19. The number of para-hydroxylation sites is 2. The van der Waals surface area contributed by atoms with Crippen molar-refractivity contribution in [1.29, 1.82) is 0 Å². The number of methoxy groups -OCH3 is 1. The number of nitrogens with one attached hydrogen (secondary N) is 1. The zero-order chi connectivity index (χ0) is 13.7. The molecule has 2 N–H and O–H groups in total. The van der Waals surface area contributed by atoms with Crippen LogP contribution in [-0.2, 0) is 4.79 Å². The Morgan fingerprint density at radius 1 is 1.32 bits per heavy atom. The number of hydrogen-bond donors (Lipinski definition) is 2. The van der Waals surface area contributed by atoms with Gasteiger partial charge in [-0.1, -0.05) is 12.1 Å². The van der Waals surface area contributed by atoms with Gasteiger partial charge >= 0.3 is 5.97 Å². The summed E-state index contributed by atoms with van der Waals surface area (Å²) in [4.78, 5) is 10.7. The van der Waals surface area contributed by atoms with Crippen molar-refractivity contribution in [2.24, 2.45) is 5.92 Å². The van der Waals surface area contributed by atoms with Crippen molar-refractivity contribution in [1.82, 2.24) is 0 Å². The van der Waals surface area contributed by atoms with E-state index in [2.05, 4.69) is 5.32 Å². The molecule has 0 saturated heterocycles. The van der Waals surface area contributed by atoms with Crippen molar-refractivity contribution in [3.8, 4) is 5.75 Å². The molecule has 1 aromatic carbocycles. The Morgan fingerprint density at radius 2 is 2.00 bits per heavy atom. The zero-order valence-electron chi connectivity index (χ0n) is 11.3. The van der Waals surface area contributed by atoms with E-state index in [0.717, 1.165) is 37.1 Å². The molecule has 1 fully saturated rings. The van der Waals surface area contributed by atoms with Crippen LogP contribution in [0.4, 0.5) is 5.69 Å². The summed E-state index contributed by atoms with van der Waals surface area (Å²) in [6, 6.07) is 8.32. The van der Waals surface area contributed by atoms with E-state index >= 15 is 0 Å². The predicted molar refractivity (Wildman–Crippen MR) is 74.6 cm³/mol. The molecule has 2 rings (SSSR count). The van der Waals surface area contributed by atoms with Gasteiger partial charge in [0.1, 0.15) is 5.75 Å². The minimum Gasteiger partial charge on any atom is -0.495 e. The predicted octanol–water partition coefficient (Wildman–Crippen LogP) is 3.14. The Kier molecular flexibility index (Phi) is 4.66. The minimum absolute atomic E-state index is 0.307. The molecule has 0 radical (unpaired) electrons. The number of hydrogen-bond acceptors (Lipinski definition) is 3. The summed E-state index contributed by atoms with van der Waals surface area (Å²) in [6.07, 6.45) is 4.32. The number of carbonyl (C=O) groups is 1. The molecular weight excluding hydrogens is 242 g/mol. The number of carboxylic acids is 1. The van der Waals surface area contributed by atoms with Crippen LogP contribution in [0.15, 0.2) is 24.3 Å². The van der Waals surface area contributed by atoms with Gasteiger partial charge in [-0.25, -0.2) is 0 Å². The summed E-state index contributed by atoms with van der Waals surface area (Å²) >= 11 is 0. The number of benzene rings is 1. The highest BCUT2D eigenvalue weighted by Crippen LogP contribution is 2.31. The van der Waals surface area contributed by atoms with Gasteiger partial charge in [0.25, 0.3) is 0 Å². The molecule has 4 nitrogen and oxygen atoms in total. The van der Waals surface area contributed by atoms with Crippen LogP contribution in [0.2, 0.25) is 0 Å². The van der Waals surface area contributed by atoms with Gasteiger partial charge in [0.2, 0.25) is 0 Å². The lowest BCUT2D eigenvalue weighted by molar-refractivity contribution is -0.138. The lowest BCUT2D eigenvalue weighted by Crippen LogP contribution is -2.27. The summed E-state index contributed by atoms with van der Waals surface area (Å²) < 4.78 is 5.32. The highest BCUT2D eigenvalue weighted by molar-refractivity contribution is 5.67. The van der Waals surface area contributed by atoms with Gasteiger partial charge in [0.05, 0.1) is 12.8 Å². The lowest BCUT2D eigenvalue weighted by Gasteiger charge is -2.29. The number of carboxylic acid groups (broad SMARTS) is 1. The van der Waals surface area contributed by atoms with Gasteiger partial charge in [-0.15, -0.1) is 0 Å². The van der Waals surface area contributed by atoms with Crippen LogP contribution in [0.1, 0.15) is 32.1 Å². The third-order valence-electron chi connectivity index (χ3n) is 3.78. The quantitative estimate of drug-likeness (QED) is 0.856. The number of aliphatic carboxylic acids is 1. The molecule has 0 bridgehead atoms. The Labute approximate surface area is 113 Å². The van der Waals surface area contributed by atoms with E-state index in [4.69, 9.17) is 9.84 Å². The average Bonchev–Trinajstić information content (AvgIpc) is 2.41. The van der Waals surface area contributed by atoms with Crippen molar-refractivity contribution >= 4 is 11.7 Å². The molecule has 19 heavy (non-hydrogen) atoms. The Morgan fingerprint density at radius 3 is 2.63 bits per heavy atom. The molecule has 1 aliphatic rings. The van der Waals surface area contributed by atoms with Crippen LogP contribution in [0.5, 0.6) is 5.75 Å². The van der Waals surface area contributed by atoms with Crippen LogP contribution >= 0.6 is 0 Å². The fraction of sp³-hybridized carbons (Fsp3) is 0.533. The van der Waals surface area contributed by atoms with Crippen LogP contribution in [-0.4, -0.2) is 24.2 Å². The number of rotatable bonds is 5. The molecule has 0 aromatic heterocycles. The molecule has 0 atom stereocenters. The molecule has 1 saturated carbocycles. The Hall–Kier alpha value is -1.71. The second kappa shape index (κ2) is 6.45. The third kappa shape index (κ3) is 3.88. The smallest absolute Gasteiger partial charge is 0.303 e. The monoisotopic (exact) mass is 263 g/mol. The van der Waals surface area contributed by atoms with Crippen LogP contribution in [0.3, 0.4) is 0 Å². The van der Waals surface area contributed by atoms with Gasteiger partial charge in [0.15, 0.2) is 0 Å². The first-order valence-electron chi connectivity index (χ1n) is 6.80. The second-order valence-electron chi connectivity index (χ2n) is 5.16. The van der Waals surface area contributed by atoms with E-state index in [1.807, 2.05) is 24.3 Å². The van der Waals surface area contributed by atoms with E-state index < -0.39 is 5.97 Å². The fourth-order valence-electron chi connectivity index (χ4n) is 2.74. The van der Waals surface area contributed by atoms with Crippen LogP contribution in [0, 0.1) is 5.92 Å². The molecule has 1 aromatic rings. The largest absolute Gasteiger partial charge is 0.495 e. The topological polar surface area (TPSA) is 58.6 Å². The van der Waals surface area contributed by atoms with Crippen molar-refractivity contribution in [2.75, 3.05) is 12.4 Å². The van der Waals surface area contributed by atoms with E-state index in [-0.39, 0.29) is 0 Å². The molecule has 0 heterocycles. The van der Waals surface area contributed by atoms with Crippen molar-refractivity contribution < 1.29 is 14.6 Å². The van der Waals surface area contributed by atoms with E-state index in [1.165, 1.54) is 0 Å². The third-order valence-corrected chi connectivity index (χ3v) is 3.78. The molecule has 0 unspecified atom stereocenters. The van der Waals surface area contributed by atoms with E-state index in [1.54, 1.807) is 7.11 Å². The Bertz CT molecular complexity index is 425. The highest BCUT2D eigenvalue weighted by Gasteiger charge is 2.23. The van der Waals surface area contributed by atoms with Gasteiger partial charge < -0.3 is 15.2 Å². The summed E-state index contributed by atoms with van der Waals surface area (Å²) in [7, 11) is 1.67. The van der Waals surface area contributed by atoms with Crippen molar-refractivity contribution in [3.63, 3.8) is 0 Å².